The molecule has 136 valence electrons. The van der Waals surface area contributed by atoms with Gasteiger partial charge in [0.2, 0.25) is 0 Å². The van der Waals surface area contributed by atoms with Gasteiger partial charge in [-0.05, 0) is 56.2 Å². The van der Waals surface area contributed by atoms with Gasteiger partial charge in [0, 0.05) is 12.1 Å². The number of hydrogen-bond donors (Lipinski definition) is 0. The van der Waals surface area contributed by atoms with E-state index in [0.29, 0.717) is 6.61 Å². The van der Waals surface area contributed by atoms with Gasteiger partial charge in [-0.2, -0.15) is 0 Å². The first-order valence-electron chi connectivity index (χ1n) is 9.42. The Kier molecular flexibility index (Phi) is 4.93. The molecule has 0 saturated heterocycles. The van der Waals surface area contributed by atoms with E-state index in [4.69, 9.17) is 9.72 Å². The van der Waals surface area contributed by atoms with Crippen LogP contribution in [0.5, 0.6) is 5.75 Å². The molecule has 0 atom stereocenters. The van der Waals surface area contributed by atoms with Crippen molar-refractivity contribution in [2.45, 2.75) is 26.8 Å². The van der Waals surface area contributed by atoms with Crippen molar-refractivity contribution < 1.29 is 4.74 Å². The molecule has 0 N–H and O–H groups in total. The second-order valence-corrected chi connectivity index (χ2v) is 6.96. The first-order valence-corrected chi connectivity index (χ1v) is 9.42. The van der Waals surface area contributed by atoms with Crippen LogP contribution in [-0.4, -0.2) is 16.2 Å². The van der Waals surface area contributed by atoms with Gasteiger partial charge >= 0.3 is 0 Å². The van der Waals surface area contributed by atoms with E-state index in [1.54, 1.807) is 0 Å². The van der Waals surface area contributed by atoms with Gasteiger partial charge in [-0.15, -0.1) is 0 Å². The Morgan fingerprint density at radius 3 is 2.44 bits per heavy atom. The molecular weight excluding hydrogens is 332 g/mol. The van der Waals surface area contributed by atoms with Gasteiger partial charge in [-0.1, -0.05) is 48.0 Å². The standard InChI is InChI=1S/C24H24N2O/c1-18-8-5-10-20(16-18)24-25-22-12-3-4-13-23(22)26(24)14-7-15-27-21-11-6-9-19(2)17-21/h3-6,8-13,16-17H,7,14-15H2,1-2H3. The van der Waals surface area contributed by atoms with E-state index in [9.17, 15) is 0 Å². The Hall–Kier alpha value is -3.07. The van der Waals surface area contributed by atoms with Crippen LogP contribution in [-0.2, 0) is 6.54 Å². The molecule has 0 saturated carbocycles. The molecule has 3 aromatic carbocycles. The molecule has 27 heavy (non-hydrogen) atoms. The topological polar surface area (TPSA) is 27.1 Å². The zero-order valence-electron chi connectivity index (χ0n) is 15.9. The molecule has 0 fully saturated rings. The van der Waals surface area contributed by atoms with Crippen LogP contribution >= 0.6 is 0 Å². The molecule has 3 heteroatoms. The van der Waals surface area contributed by atoms with E-state index in [0.717, 1.165) is 35.6 Å². The van der Waals surface area contributed by atoms with E-state index in [2.05, 4.69) is 73.0 Å². The van der Waals surface area contributed by atoms with Crippen molar-refractivity contribution in [3.05, 3.63) is 83.9 Å². The van der Waals surface area contributed by atoms with Gasteiger partial charge in [0.05, 0.1) is 17.6 Å². The minimum Gasteiger partial charge on any atom is -0.494 e. The van der Waals surface area contributed by atoms with Crippen molar-refractivity contribution in [2.24, 2.45) is 0 Å². The number of para-hydroxylation sites is 2. The second kappa shape index (κ2) is 7.67. The number of fused-ring (bicyclic) bond motifs is 1. The number of rotatable bonds is 6. The summed E-state index contributed by atoms with van der Waals surface area (Å²) >= 11 is 0. The molecule has 3 nitrogen and oxygen atoms in total. The zero-order chi connectivity index (χ0) is 18.6. The molecular formula is C24H24N2O. The van der Waals surface area contributed by atoms with Crippen LogP contribution in [0.3, 0.4) is 0 Å². The Labute approximate surface area is 160 Å². The van der Waals surface area contributed by atoms with Crippen LogP contribution in [0.2, 0.25) is 0 Å². The van der Waals surface area contributed by atoms with Crippen molar-refractivity contribution in [3.8, 4) is 17.1 Å². The summed E-state index contributed by atoms with van der Waals surface area (Å²) in [5, 5.41) is 0. The monoisotopic (exact) mass is 356 g/mol. The first-order chi connectivity index (χ1) is 13.2. The molecule has 4 rings (SSSR count). The number of ether oxygens (including phenoxy) is 1. The number of benzene rings is 3. The van der Waals surface area contributed by atoms with Crippen LogP contribution in [0.15, 0.2) is 72.8 Å². The number of aryl methyl sites for hydroxylation is 3. The smallest absolute Gasteiger partial charge is 0.141 e. The van der Waals surface area contributed by atoms with Gasteiger partial charge in [-0.25, -0.2) is 4.98 Å². The molecule has 0 bridgehead atoms. The number of imidazole rings is 1. The average molecular weight is 356 g/mol. The van der Waals surface area contributed by atoms with E-state index in [1.807, 2.05) is 18.2 Å². The van der Waals surface area contributed by atoms with Gasteiger partial charge in [-0.3, -0.25) is 0 Å². The van der Waals surface area contributed by atoms with Gasteiger partial charge < -0.3 is 9.30 Å². The molecule has 0 spiro atoms. The molecule has 0 unspecified atom stereocenters. The number of nitrogens with zero attached hydrogens (tertiary/aromatic N) is 2. The van der Waals surface area contributed by atoms with Gasteiger partial charge in [0.1, 0.15) is 11.6 Å². The Morgan fingerprint density at radius 2 is 1.63 bits per heavy atom. The summed E-state index contributed by atoms with van der Waals surface area (Å²) in [6.45, 7) is 5.75. The van der Waals surface area contributed by atoms with Gasteiger partial charge in [0.25, 0.3) is 0 Å². The Balaban J connectivity index is 1.56. The third-order valence-electron chi connectivity index (χ3n) is 4.72. The summed E-state index contributed by atoms with van der Waals surface area (Å²) < 4.78 is 8.24. The summed E-state index contributed by atoms with van der Waals surface area (Å²) in [4.78, 5) is 4.89. The molecule has 0 aliphatic heterocycles. The Bertz CT molecular complexity index is 1060. The molecule has 0 aliphatic rings. The zero-order valence-corrected chi connectivity index (χ0v) is 15.9. The summed E-state index contributed by atoms with van der Waals surface area (Å²) in [7, 11) is 0. The number of hydrogen-bond acceptors (Lipinski definition) is 2. The third kappa shape index (κ3) is 3.87. The maximum Gasteiger partial charge on any atom is 0.141 e. The van der Waals surface area contributed by atoms with Gasteiger partial charge in [0.15, 0.2) is 0 Å². The highest BCUT2D eigenvalue weighted by atomic mass is 16.5. The van der Waals surface area contributed by atoms with Crippen molar-refractivity contribution in [1.29, 1.82) is 0 Å². The lowest BCUT2D eigenvalue weighted by Crippen LogP contribution is -2.06. The van der Waals surface area contributed by atoms with Crippen molar-refractivity contribution in [2.75, 3.05) is 6.61 Å². The average Bonchev–Trinajstić information content (AvgIpc) is 3.04. The van der Waals surface area contributed by atoms with Crippen LogP contribution in [0, 0.1) is 13.8 Å². The fraction of sp³-hybridized carbons (Fsp3) is 0.208. The van der Waals surface area contributed by atoms with E-state index < -0.39 is 0 Å². The highest BCUT2D eigenvalue weighted by Gasteiger charge is 2.12. The van der Waals surface area contributed by atoms with Crippen LogP contribution in [0.25, 0.3) is 22.4 Å². The lowest BCUT2D eigenvalue weighted by atomic mass is 10.1. The lowest BCUT2D eigenvalue weighted by molar-refractivity contribution is 0.302. The fourth-order valence-corrected chi connectivity index (χ4v) is 3.42. The lowest BCUT2D eigenvalue weighted by Gasteiger charge is -2.11. The van der Waals surface area contributed by atoms with Crippen LogP contribution < -0.4 is 4.74 Å². The predicted octanol–water partition coefficient (Wildman–Crippen LogP) is 5.79. The predicted molar refractivity (Wildman–Crippen MR) is 111 cm³/mol. The maximum atomic E-state index is 5.93. The largest absolute Gasteiger partial charge is 0.494 e. The van der Waals surface area contributed by atoms with Crippen LogP contribution in [0.4, 0.5) is 0 Å². The normalized spacial score (nSPS) is 11.0. The van der Waals surface area contributed by atoms with E-state index in [1.165, 1.54) is 16.6 Å². The summed E-state index contributed by atoms with van der Waals surface area (Å²) in [5.74, 6) is 1.96. The number of aromatic nitrogens is 2. The maximum absolute atomic E-state index is 5.93. The molecule has 0 aliphatic carbocycles. The molecule has 1 aromatic heterocycles. The Morgan fingerprint density at radius 1 is 0.852 bits per heavy atom. The SMILES string of the molecule is Cc1cccc(OCCCn2c(-c3cccc(C)c3)nc3ccccc32)c1. The van der Waals surface area contributed by atoms with E-state index >= 15 is 0 Å². The summed E-state index contributed by atoms with van der Waals surface area (Å²) in [6, 6.07) is 25.1. The van der Waals surface area contributed by atoms with Crippen molar-refractivity contribution in [1.82, 2.24) is 9.55 Å². The molecule has 0 radical (unpaired) electrons. The fourth-order valence-electron chi connectivity index (χ4n) is 3.42. The molecule has 0 amide bonds. The molecule has 1 heterocycles. The van der Waals surface area contributed by atoms with Crippen molar-refractivity contribution >= 4 is 11.0 Å². The first kappa shape index (κ1) is 17.3. The minimum absolute atomic E-state index is 0.684. The second-order valence-electron chi connectivity index (χ2n) is 6.96. The van der Waals surface area contributed by atoms with E-state index in [-0.39, 0.29) is 0 Å². The third-order valence-corrected chi connectivity index (χ3v) is 4.72. The van der Waals surface area contributed by atoms with Crippen LogP contribution in [0.1, 0.15) is 17.5 Å². The summed E-state index contributed by atoms with van der Waals surface area (Å²) in [6.07, 6.45) is 0.924. The highest BCUT2D eigenvalue weighted by Crippen LogP contribution is 2.26. The minimum atomic E-state index is 0.684. The highest BCUT2D eigenvalue weighted by molar-refractivity contribution is 5.80. The molecule has 4 aromatic rings. The quantitative estimate of drug-likeness (QED) is 0.409. The van der Waals surface area contributed by atoms with Crippen molar-refractivity contribution in [3.63, 3.8) is 0 Å². The summed E-state index contributed by atoms with van der Waals surface area (Å²) in [5.41, 5.74) is 5.83.